The number of rotatable bonds is 2. The van der Waals surface area contributed by atoms with E-state index in [1.807, 2.05) is 13.8 Å². The summed E-state index contributed by atoms with van der Waals surface area (Å²) in [5.41, 5.74) is 0. The maximum absolute atomic E-state index is 10.3. The molecule has 0 saturated heterocycles. The van der Waals surface area contributed by atoms with Crippen LogP contribution < -0.4 is 34.7 Å². The normalized spacial score (nSPS) is 5.38. The minimum atomic E-state index is -0.255. The summed E-state index contributed by atoms with van der Waals surface area (Å²) in [6.07, 6.45) is 0. The van der Waals surface area contributed by atoms with E-state index in [4.69, 9.17) is 0 Å². The first-order valence-electron chi connectivity index (χ1n) is 2.68. The Balaban J connectivity index is -0.0000000245. The van der Waals surface area contributed by atoms with Gasteiger partial charge in [0.1, 0.15) is 0 Å². The second kappa shape index (κ2) is 22.9. The van der Waals surface area contributed by atoms with E-state index < -0.39 is 0 Å². The van der Waals surface area contributed by atoms with E-state index in [0.717, 1.165) is 13.1 Å². The van der Waals surface area contributed by atoms with Gasteiger partial charge in [-0.15, -0.1) is 0 Å². The Hall–Kier alpha value is 0.530. The Bertz CT molecular complexity index is 93.0. The topological polar surface area (TPSA) is 152 Å². The van der Waals surface area contributed by atoms with Crippen LogP contribution in [0.25, 0.3) is 0 Å². The molecule has 0 heterocycles. The largest absolute Gasteiger partial charge is 1.00 e. The molecule has 0 saturated carbocycles. The quantitative estimate of drug-likeness (QED) is 0.340. The summed E-state index contributed by atoms with van der Waals surface area (Å²) >= 11 is 4.39. The zero-order valence-corrected chi connectivity index (χ0v) is 11.0. The molecule has 6 nitrogen and oxygen atoms in total. The van der Waals surface area contributed by atoms with Gasteiger partial charge in [-0.25, -0.2) is 0 Å². The van der Waals surface area contributed by atoms with Crippen molar-refractivity contribution >= 4 is 17.4 Å². The molecule has 0 atom stereocenters. The standard InChI is InChI=1S/C5H11NOS.Na.4H2O/c1-3-6(4-2)5(7)8;;;;;/h3-4H2,1-2H3,(H,7,8);;4*1H2/q;+1;;;;/p-1. The molecular weight excluding hydrogens is 209 g/mol. The van der Waals surface area contributed by atoms with Crippen molar-refractivity contribution < 1.29 is 56.6 Å². The van der Waals surface area contributed by atoms with E-state index in [2.05, 4.69) is 12.2 Å². The van der Waals surface area contributed by atoms with Crippen LogP contribution in [0.15, 0.2) is 0 Å². The summed E-state index contributed by atoms with van der Waals surface area (Å²) in [7, 11) is 0. The van der Waals surface area contributed by atoms with Crippen LogP contribution in [-0.2, 0) is 0 Å². The molecule has 0 radical (unpaired) electrons. The third kappa shape index (κ3) is 19.1. The molecule has 0 spiro atoms. The third-order valence-electron chi connectivity index (χ3n) is 1.02. The van der Waals surface area contributed by atoms with E-state index in [1.54, 1.807) is 4.90 Å². The average molecular weight is 227 g/mol. The van der Waals surface area contributed by atoms with E-state index in [9.17, 15) is 5.11 Å². The number of thiocarbonyl (C=S) groups is 1. The molecule has 13 heavy (non-hydrogen) atoms. The van der Waals surface area contributed by atoms with Crippen LogP contribution >= 0.6 is 12.2 Å². The maximum Gasteiger partial charge on any atom is 1.00 e. The average Bonchev–Trinajstić information content (AvgIpc) is 1.69. The van der Waals surface area contributed by atoms with E-state index in [-0.39, 0.29) is 56.6 Å². The predicted octanol–water partition coefficient (Wildman–Crippen LogP) is -6.32. The summed E-state index contributed by atoms with van der Waals surface area (Å²) in [5, 5.41) is 10.1. The monoisotopic (exact) mass is 227 g/mol. The van der Waals surface area contributed by atoms with E-state index >= 15 is 0 Å². The SMILES string of the molecule is CCN(CC)C([O-])=S.O.O.O.O.[Na+]. The molecule has 0 aromatic heterocycles. The van der Waals surface area contributed by atoms with Crippen molar-refractivity contribution in [2.24, 2.45) is 0 Å². The van der Waals surface area contributed by atoms with Crippen molar-refractivity contribution in [2.45, 2.75) is 13.8 Å². The molecule has 80 valence electrons. The van der Waals surface area contributed by atoms with Crippen molar-refractivity contribution in [1.82, 2.24) is 4.90 Å². The van der Waals surface area contributed by atoms with Crippen molar-refractivity contribution in [3.63, 3.8) is 0 Å². The fraction of sp³-hybridized carbons (Fsp3) is 0.800. The first-order valence-corrected chi connectivity index (χ1v) is 3.09. The molecule has 0 fully saturated rings. The Morgan fingerprint density at radius 1 is 1.08 bits per heavy atom. The van der Waals surface area contributed by atoms with E-state index in [1.165, 1.54) is 0 Å². The molecule has 0 rings (SSSR count). The summed E-state index contributed by atoms with van der Waals surface area (Å²) < 4.78 is 0. The molecule has 0 amide bonds. The van der Waals surface area contributed by atoms with Crippen LogP contribution in [0, 0.1) is 0 Å². The molecule has 8 heteroatoms. The predicted molar refractivity (Wildman–Crippen MR) is 50.0 cm³/mol. The van der Waals surface area contributed by atoms with Crippen LogP contribution in [0.5, 0.6) is 0 Å². The Kier molecular flexibility index (Phi) is 66.0. The van der Waals surface area contributed by atoms with Gasteiger partial charge in [0.15, 0.2) is 0 Å². The van der Waals surface area contributed by atoms with Crippen LogP contribution in [0.2, 0.25) is 0 Å². The molecule has 0 aliphatic carbocycles. The fourth-order valence-corrected chi connectivity index (χ4v) is 0.740. The molecule has 0 unspecified atom stereocenters. The summed E-state index contributed by atoms with van der Waals surface area (Å²) in [6, 6.07) is 0. The van der Waals surface area contributed by atoms with E-state index in [0.29, 0.717) is 0 Å². The van der Waals surface area contributed by atoms with Crippen LogP contribution in [0.4, 0.5) is 0 Å². The van der Waals surface area contributed by atoms with Gasteiger partial charge in [-0.1, -0.05) is 12.2 Å². The molecule has 0 bridgehead atoms. The smallest absolute Gasteiger partial charge is 0.852 e. The molecular formula is C5H18NNaO5S. The zero-order valence-electron chi connectivity index (χ0n) is 8.18. The molecule has 0 aromatic rings. The van der Waals surface area contributed by atoms with Crippen molar-refractivity contribution in [3.05, 3.63) is 0 Å². The Morgan fingerprint density at radius 3 is 1.31 bits per heavy atom. The summed E-state index contributed by atoms with van der Waals surface area (Å²) in [6.45, 7) is 5.26. The molecule has 0 aliphatic heterocycles. The first-order chi connectivity index (χ1) is 3.72. The zero-order chi connectivity index (χ0) is 6.57. The van der Waals surface area contributed by atoms with Gasteiger partial charge in [0, 0.05) is 18.3 Å². The second-order valence-corrected chi connectivity index (χ2v) is 1.79. The van der Waals surface area contributed by atoms with Crippen LogP contribution in [0.3, 0.4) is 0 Å². The molecule has 8 N–H and O–H groups in total. The summed E-state index contributed by atoms with van der Waals surface area (Å²) in [5.74, 6) is 0. The minimum absolute atomic E-state index is 0. The summed E-state index contributed by atoms with van der Waals surface area (Å²) in [4.78, 5) is 1.59. The van der Waals surface area contributed by atoms with Gasteiger partial charge in [-0.05, 0) is 13.8 Å². The minimum Gasteiger partial charge on any atom is -0.852 e. The van der Waals surface area contributed by atoms with Gasteiger partial charge < -0.3 is 31.9 Å². The number of hydrogen-bond acceptors (Lipinski definition) is 2. The maximum atomic E-state index is 10.3. The number of nitrogens with zero attached hydrogens (tertiary/aromatic N) is 1. The van der Waals surface area contributed by atoms with Crippen molar-refractivity contribution in [3.8, 4) is 0 Å². The third-order valence-corrected chi connectivity index (χ3v) is 1.28. The Labute approximate surface area is 105 Å². The van der Waals surface area contributed by atoms with Gasteiger partial charge in [0.25, 0.3) is 0 Å². The second-order valence-electron chi connectivity index (χ2n) is 1.44. The van der Waals surface area contributed by atoms with Gasteiger partial charge in [0.05, 0.1) is 0 Å². The number of hydrogen-bond donors (Lipinski definition) is 0. The molecule has 0 aliphatic rings. The molecule has 0 aromatic carbocycles. The fourth-order valence-electron chi connectivity index (χ4n) is 0.482. The van der Waals surface area contributed by atoms with Crippen LogP contribution in [-0.4, -0.2) is 45.1 Å². The first kappa shape index (κ1) is 37.5. The van der Waals surface area contributed by atoms with Gasteiger partial charge in [-0.3, -0.25) is 0 Å². The van der Waals surface area contributed by atoms with Crippen LogP contribution in [0.1, 0.15) is 13.8 Å². The van der Waals surface area contributed by atoms with Crippen molar-refractivity contribution in [1.29, 1.82) is 0 Å². The van der Waals surface area contributed by atoms with Gasteiger partial charge >= 0.3 is 29.6 Å². The van der Waals surface area contributed by atoms with Gasteiger partial charge in [0.2, 0.25) is 0 Å². The van der Waals surface area contributed by atoms with Gasteiger partial charge in [-0.2, -0.15) is 0 Å². The Morgan fingerprint density at radius 2 is 1.31 bits per heavy atom. The van der Waals surface area contributed by atoms with Crippen molar-refractivity contribution in [2.75, 3.05) is 13.1 Å².